The molecular formula is C18H26N2O2S. The van der Waals surface area contributed by atoms with Gasteiger partial charge in [0, 0.05) is 6.54 Å². The molecule has 0 aliphatic heterocycles. The average molecular weight is 334 g/mol. The van der Waals surface area contributed by atoms with Crippen molar-refractivity contribution in [1.82, 2.24) is 10.3 Å². The van der Waals surface area contributed by atoms with Crippen molar-refractivity contribution in [3.8, 4) is 10.4 Å². The molecule has 0 saturated heterocycles. The topological polar surface area (TPSA) is 51.2 Å². The van der Waals surface area contributed by atoms with Gasteiger partial charge < -0.3 is 10.1 Å². The maximum atomic E-state index is 11.6. The lowest BCUT2D eigenvalue weighted by Crippen LogP contribution is -2.32. The van der Waals surface area contributed by atoms with Crippen LogP contribution < -0.4 is 5.32 Å². The van der Waals surface area contributed by atoms with Gasteiger partial charge in [-0.05, 0) is 38.8 Å². The number of hydrogen-bond donors (Lipinski definition) is 1. The zero-order valence-electron chi connectivity index (χ0n) is 14.8. The lowest BCUT2D eigenvalue weighted by atomic mass is 10.1. The second-order valence-electron chi connectivity index (χ2n) is 5.82. The summed E-state index contributed by atoms with van der Waals surface area (Å²) in [6.45, 7) is 12.0. The largest absolute Gasteiger partial charge is 0.444 e. The van der Waals surface area contributed by atoms with E-state index in [9.17, 15) is 4.79 Å². The predicted molar refractivity (Wildman–Crippen MR) is 96.7 cm³/mol. The van der Waals surface area contributed by atoms with Crippen LogP contribution in [-0.4, -0.2) is 16.7 Å². The Morgan fingerprint density at radius 3 is 2.30 bits per heavy atom. The number of ether oxygens (including phenoxy) is 1. The number of alkyl carbamates (subject to hydrolysis) is 1. The van der Waals surface area contributed by atoms with Gasteiger partial charge >= 0.3 is 6.09 Å². The van der Waals surface area contributed by atoms with Gasteiger partial charge in [-0.1, -0.05) is 38.1 Å². The molecule has 0 spiro atoms. The monoisotopic (exact) mass is 334 g/mol. The summed E-state index contributed by atoms with van der Waals surface area (Å²) in [5.74, 6) is 0. The minimum Gasteiger partial charge on any atom is -0.444 e. The fourth-order valence-corrected chi connectivity index (χ4v) is 2.65. The van der Waals surface area contributed by atoms with E-state index in [1.54, 1.807) is 11.3 Å². The average Bonchev–Trinajstić information content (AvgIpc) is 2.92. The molecule has 0 fully saturated rings. The van der Waals surface area contributed by atoms with E-state index >= 15 is 0 Å². The van der Waals surface area contributed by atoms with Crippen LogP contribution in [0.1, 0.15) is 45.9 Å². The quantitative estimate of drug-likeness (QED) is 0.842. The van der Waals surface area contributed by atoms with Crippen molar-refractivity contribution in [2.75, 3.05) is 0 Å². The van der Waals surface area contributed by atoms with E-state index in [4.69, 9.17) is 4.74 Å². The smallest absolute Gasteiger partial charge is 0.407 e. The van der Waals surface area contributed by atoms with E-state index in [1.165, 1.54) is 4.88 Å². The number of benzene rings is 1. The van der Waals surface area contributed by atoms with Crippen LogP contribution in [0, 0.1) is 6.92 Å². The number of carbonyl (C=O) groups is 1. The number of carbonyl (C=O) groups excluding carboxylic acids is 1. The predicted octanol–water partition coefficient (Wildman–Crippen LogP) is 5.17. The molecule has 0 bridgehead atoms. The normalized spacial score (nSPS) is 10.5. The summed E-state index contributed by atoms with van der Waals surface area (Å²) in [4.78, 5) is 17.0. The summed E-state index contributed by atoms with van der Waals surface area (Å²) >= 11 is 1.63. The van der Waals surface area contributed by atoms with E-state index in [0.717, 1.165) is 16.8 Å². The Bertz CT molecular complexity index is 613. The third-order valence-corrected chi connectivity index (χ3v) is 3.78. The number of nitrogens with one attached hydrogen (secondary N) is 1. The van der Waals surface area contributed by atoms with Gasteiger partial charge in [0.1, 0.15) is 5.60 Å². The van der Waals surface area contributed by atoms with Crippen molar-refractivity contribution in [3.63, 3.8) is 0 Å². The van der Waals surface area contributed by atoms with Crippen molar-refractivity contribution < 1.29 is 9.53 Å². The molecule has 2 rings (SSSR count). The van der Waals surface area contributed by atoms with Crippen molar-refractivity contribution in [1.29, 1.82) is 0 Å². The molecule has 1 N–H and O–H groups in total. The lowest BCUT2D eigenvalue weighted by molar-refractivity contribution is 0.0523. The maximum absolute atomic E-state index is 11.6. The molecule has 0 saturated carbocycles. The highest BCUT2D eigenvalue weighted by atomic mass is 32.1. The number of rotatable bonds is 3. The molecular weight excluding hydrogens is 308 g/mol. The summed E-state index contributed by atoms with van der Waals surface area (Å²) in [7, 11) is 0. The molecule has 2 aromatic rings. The zero-order valence-corrected chi connectivity index (χ0v) is 15.6. The SMILES string of the molecule is CC.Cc1ncsc1-c1ccc(CNC(=O)OC(C)(C)C)cc1. The molecule has 1 aromatic heterocycles. The molecule has 0 aliphatic rings. The zero-order chi connectivity index (χ0) is 17.5. The standard InChI is InChI=1S/C16H20N2O2S.C2H6/c1-11-14(21-10-18-11)13-7-5-12(6-8-13)9-17-15(19)20-16(2,3)4;1-2/h5-8,10H,9H2,1-4H3,(H,17,19);1-2H3. The summed E-state index contributed by atoms with van der Waals surface area (Å²) in [5, 5.41) is 2.75. The number of aromatic nitrogens is 1. The van der Waals surface area contributed by atoms with Gasteiger partial charge in [-0.2, -0.15) is 0 Å². The van der Waals surface area contributed by atoms with Crippen LogP contribution in [0.3, 0.4) is 0 Å². The Hall–Kier alpha value is -1.88. The Balaban J connectivity index is 0.00000127. The summed E-state index contributed by atoms with van der Waals surface area (Å²) in [6, 6.07) is 8.11. The molecule has 0 unspecified atom stereocenters. The fourth-order valence-electron chi connectivity index (χ4n) is 1.84. The number of hydrogen-bond acceptors (Lipinski definition) is 4. The minimum absolute atomic E-state index is 0.398. The lowest BCUT2D eigenvalue weighted by Gasteiger charge is -2.19. The summed E-state index contributed by atoms with van der Waals surface area (Å²) in [5.41, 5.74) is 4.60. The summed E-state index contributed by atoms with van der Waals surface area (Å²) < 4.78 is 5.20. The third kappa shape index (κ3) is 6.40. The van der Waals surface area contributed by atoms with Crippen LogP contribution in [0.4, 0.5) is 4.79 Å². The van der Waals surface area contributed by atoms with Gasteiger partial charge in [0.05, 0.1) is 16.1 Å². The van der Waals surface area contributed by atoms with E-state index in [2.05, 4.69) is 10.3 Å². The van der Waals surface area contributed by atoms with Crippen molar-refractivity contribution in [2.45, 2.75) is 53.7 Å². The van der Waals surface area contributed by atoms with Crippen molar-refractivity contribution in [3.05, 3.63) is 41.0 Å². The third-order valence-electron chi connectivity index (χ3n) is 2.80. The molecule has 126 valence electrons. The first-order valence-corrected chi connectivity index (χ1v) is 8.69. The Morgan fingerprint density at radius 2 is 1.83 bits per heavy atom. The first-order valence-electron chi connectivity index (χ1n) is 7.81. The molecule has 0 aliphatic carbocycles. The van der Waals surface area contributed by atoms with Crippen LogP contribution in [0.15, 0.2) is 29.8 Å². The van der Waals surface area contributed by atoms with Gasteiger partial charge in [-0.3, -0.25) is 0 Å². The minimum atomic E-state index is -0.475. The number of thiazole rings is 1. The highest BCUT2D eigenvalue weighted by Crippen LogP contribution is 2.27. The van der Waals surface area contributed by atoms with E-state index in [0.29, 0.717) is 6.54 Å². The van der Waals surface area contributed by atoms with E-state index in [1.807, 2.05) is 71.3 Å². The van der Waals surface area contributed by atoms with Crippen LogP contribution in [0.2, 0.25) is 0 Å². The van der Waals surface area contributed by atoms with Crippen molar-refractivity contribution in [2.24, 2.45) is 0 Å². The second kappa shape index (κ2) is 8.67. The molecule has 4 nitrogen and oxygen atoms in total. The van der Waals surface area contributed by atoms with Gasteiger partial charge in [0.2, 0.25) is 0 Å². The highest BCUT2D eigenvalue weighted by molar-refractivity contribution is 7.13. The van der Waals surface area contributed by atoms with Crippen LogP contribution in [-0.2, 0) is 11.3 Å². The number of nitrogens with zero attached hydrogens (tertiary/aromatic N) is 1. The Labute approximate surface area is 142 Å². The van der Waals surface area contributed by atoms with Crippen molar-refractivity contribution >= 4 is 17.4 Å². The second-order valence-corrected chi connectivity index (χ2v) is 6.67. The molecule has 0 atom stereocenters. The molecule has 0 radical (unpaired) electrons. The Morgan fingerprint density at radius 1 is 1.22 bits per heavy atom. The fraction of sp³-hybridized carbons (Fsp3) is 0.444. The Kier molecular flexibility index (Phi) is 7.23. The molecule has 1 amide bonds. The summed E-state index contributed by atoms with van der Waals surface area (Å²) in [6.07, 6.45) is -0.398. The van der Waals surface area contributed by atoms with Gasteiger partial charge in [-0.25, -0.2) is 9.78 Å². The number of amides is 1. The van der Waals surface area contributed by atoms with E-state index < -0.39 is 11.7 Å². The van der Waals surface area contributed by atoms with Crippen LogP contribution in [0.25, 0.3) is 10.4 Å². The number of aryl methyl sites for hydroxylation is 1. The van der Waals surface area contributed by atoms with Crippen LogP contribution in [0.5, 0.6) is 0 Å². The van der Waals surface area contributed by atoms with Crippen LogP contribution >= 0.6 is 11.3 Å². The first-order chi connectivity index (χ1) is 10.8. The highest BCUT2D eigenvalue weighted by Gasteiger charge is 2.15. The van der Waals surface area contributed by atoms with Gasteiger partial charge in [0.25, 0.3) is 0 Å². The maximum Gasteiger partial charge on any atom is 0.407 e. The first kappa shape index (κ1) is 19.2. The molecule has 5 heteroatoms. The van der Waals surface area contributed by atoms with Gasteiger partial charge in [-0.15, -0.1) is 11.3 Å². The molecule has 1 heterocycles. The van der Waals surface area contributed by atoms with E-state index in [-0.39, 0.29) is 0 Å². The molecule has 1 aromatic carbocycles. The van der Waals surface area contributed by atoms with Gasteiger partial charge in [0.15, 0.2) is 0 Å². The molecule has 23 heavy (non-hydrogen) atoms.